The van der Waals surface area contributed by atoms with Crippen molar-refractivity contribution in [1.82, 2.24) is 4.90 Å². The van der Waals surface area contributed by atoms with E-state index in [4.69, 9.17) is 11.6 Å². The number of nitrogens with zero attached hydrogens (tertiary/aromatic N) is 1. The monoisotopic (exact) mass is 295 g/mol. The first-order valence-corrected chi connectivity index (χ1v) is 7.78. The van der Waals surface area contributed by atoms with E-state index in [1.807, 2.05) is 30.3 Å². The molecule has 1 aliphatic rings. The van der Waals surface area contributed by atoms with Crippen LogP contribution in [0.5, 0.6) is 0 Å². The maximum Gasteiger partial charge on any atom is 0.245 e. The van der Waals surface area contributed by atoms with E-state index >= 15 is 0 Å². The highest BCUT2D eigenvalue weighted by Gasteiger charge is 2.29. The van der Waals surface area contributed by atoms with E-state index in [2.05, 4.69) is 0 Å². The van der Waals surface area contributed by atoms with Crippen LogP contribution in [0.4, 0.5) is 0 Å². The summed E-state index contributed by atoms with van der Waals surface area (Å²) in [5, 5.41) is 8.57. The number of alkyl halides is 1. The molecular formula is C16H22ClNO2. The van der Waals surface area contributed by atoms with Gasteiger partial charge in [-0.05, 0) is 18.4 Å². The number of aliphatic hydroxyl groups excluding tert-OH is 1. The van der Waals surface area contributed by atoms with Gasteiger partial charge >= 0.3 is 0 Å². The van der Waals surface area contributed by atoms with Gasteiger partial charge in [-0.1, -0.05) is 49.6 Å². The molecule has 3 nitrogen and oxygen atoms in total. The topological polar surface area (TPSA) is 40.5 Å². The summed E-state index contributed by atoms with van der Waals surface area (Å²) >= 11 is 6.33. The molecule has 1 N–H and O–H groups in total. The van der Waals surface area contributed by atoms with Crippen LogP contribution in [0.15, 0.2) is 30.3 Å². The Morgan fingerprint density at radius 3 is 2.50 bits per heavy atom. The lowest BCUT2D eigenvalue weighted by atomic mass is 9.93. The molecule has 0 aromatic heterocycles. The Morgan fingerprint density at radius 2 is 1.90 bits per heavy atom. The number of benzene rings is 1. The zero-order valence-electron chi connectivity index (χ0n) is 11.7. The second-order valence-corrected chi connectivity index (χ2v) is 5.76. The average Bonchev–Trinajstić information content (AvgIpc) is 2.53. The molecular weight excluding hydrogens is 274 g/mol. The number of amides is 1. The Hall–Kier alpha value is -1.06. The van der Waals surface area contributed by atoms with Gasteiger partial charge in [-0.15, -0.1) is 11.6 Å². The number of halogens is 1. The molecule has 1 amide bonds. The van der Waals surface area contributed by atoms with Gasteiger partial charge < -0.3 is 10.0 Å². The summed E-state index contributed by atoms with van der Waals surface area (Å²) < 4.78 is 0. The number of rotatable bonds is 5. The van der Waals surface area contributed by atoms with E-state index in [1.54, 1.807) is 4.90 Å². The maximum absolute atomic E-state index is 12.6. The maximum atomic E-state index is 12.6. The Bertz CT molecular complexity index is 418. The minimum absolute atomic E-state index is 0.0133. The molecule has 4 heteroatoms. The van der Waals surface area contributed by atoms with Crippen molar-refractivity contribution in [2.45, 2.75) is 43.5 Å². The van der Waals surface area contributed by atoms with Crippen molar-refractivity contribution >= 4 is 17.5 Å². The van der Waals surface area contributed by atoms with E-state index in [9.17, 15) is 9.90 Å². The molecule has 0 aliphatic heterocycles. The summed E-state index contributed by atoms with van der Waals surface area (Å²) in [7, 11) is 0. The fraction of sp³-hybridized carbons (Fsp3) is 0.562. The highest BCUT2D eigenvalue weighted by molar-refractivity contribution is 6.30. The molecule has 1 saturated carbocycles. The van der Waals surface area contributed by atoms with E-state index in [0.29, 0.717) is 6.54 Å². The standard InChI is InChI=1S/C16H22ClNO2/c17-15(13-7-3-1-4-8-13)16(20)18(11-12-19)14-9-5-2-6-10-14/h1,3-4,7-8,14-15,19H,2,5-6,9-12H2. The molecule has 0 heterocycles. The second kappa shape index (κ2) is 7.65. The zero-order valence-corrected chi connectivity index (χ0v) is 12.4. The van der Waals surface area contributed by atoms with Crippen LogP contribution in [-0.4, -0.2) is 35.1 Å². The Kier molecular flexibility index (Phi) is 5.86. The van der Waals surface area contributed by atoms with Crippen molar-refractivity contribution in [3.8, 4) is 0 Å². The average molecular weight is 296 g/mol. The molecule has 2 rings (SSSR count). The molecule has 110 valence electrons. The van der Waals surface area contributed by atoms with Crippen LogP contribution < -0.4 is 0 Å². The first-order valence-electron chi connectivity index (χ1n) is 7.34. The van der Waals surface area contributed by atoms with Gasteiger partial charge in [-0.3, -0.25) is 4.79 Å². The number of carbonyl (C=O) groups is 1. The molecule has 0 radical (unpaired) electrons. The number of hydrogen-bond acceptors (Lipinski definition) is 2. The summed E-state index contributed by atoms with van der Waals surface area (Å²) in [6.07, 6.45) is 5.57. The van der Waals surface area contributed by atoms with Crippen molar-refractivity contribution in [1.29, 1.82) is 0 Å². The van der Waals surface area contributed by atoms with E-state index < -0.39 is 5.38 Å². The van der Waals surface area contributed by atoms with Crippen LogP contribution in [0.3, 0.4) is 0 Å². The number of aliphatic hydroxyl groups is 1. The number of carbonyl (C=O) groups excluding carboxylic acids is 1. The lowest BCUT2D eigenvalue weighted by Gasteiger charge is -2.35. The van der Waals surface area contributed by atoms with Gasteiger partial charge in [0.1, 0.15) is 5.38 Å². The van der Waals surface area contributed by atoms with Crippen LogP contribution in [0, 0.1) is 0 Å². The van der Waals surface area contributed by atoms with Crippen LogP contribution in [0.1, 0.15) is 43.0 Å². The Balaban J connectivity index is 2.09. The van der Waals surface area contributed by atoms with Crippen molar-refractivity contribution in [3.63, 3.8) is 0 Å². The molecule has 1 aliphatic carbocycles. The van der Waals surface area contributed by atoms with Gasteiger partial charge in [-0.2, -0.15) is 0 Å². The highest BCUT2D eigenvalue weighted by Crippen LogP contribution is 2.28. The van der Waals surface area contributed by atoms with Gasteiger partial charge in [0, 0.05) is 12.6 Å². The van der Waals surface area contributed by atoms with Crippen molar-refractivity contribution in [2.75, 3.05) is 13.2 Å². The predicted molar refractivity (Wildman–Crippen MR) is 80.7 cm³/mol. The quantitative estimate of drug-likeness (QED) is 0.848. The summed E-state index contributed by atoms with van der Waals surface area (Å²) in [6, 6.07) is 9.64. The lowest BCUT2D eigenvalue weighted by molar-refractivity contribution is -0.134. The van der Waals surface area contributed by atoms with Gasteiger partial charge in [-0.25, -0.2) is 0 Å². The summed E-state index contributed by atoms with van der Waals surface area (Å²) in [5.74, 6) is -0.0844. The van der Waals surface area contributed by atoms with Crippen molar-refractivity contribution in [2.24, 2.45) is 0 Å². The SMILES string of the molecule is O=C(C(Cl)c1ccccc1)N(CCO)C1CCCCC1. The molecule has 0 bridgehead atoms. The first kappa shape index (κ1) is 15.3. The molecule has 1 aromatic carbocycles. The van der Waals surface area contributed by atoms with Gasteiger partial charge in [0.05, 0.1) is 6.61 Å². The summed E-state index contributed by atoms with van der Waals surface area (Å²) in [5.41, 5.74) is 0.818. The zero-order chi connectivity index (χ0) is 14.4. The molecule has 0 spiro atoms. The fourth-order valence-corrected chi connectivity index (χ4v) is 3.15. The smallest absolute Gasteiger partial charge is 0.245 e. The molecule has 1 fully saturated rings. The van der Waals surface area contributed by atoms with E-state index in [0.717, 1.165) is 31.2 Å². The molecule has 1 atom stereocenters. The number of hydrogen-bond donors (Lipinski definition) is 1. The van der Waals surface area contributed by atoms with Crippen LogP contribution in [0.2, 0.25) is 0 Å². The second-order valence-electron chi connectivity index (χ2n) is 5.32. The fourth-order valence-electron chi connectivity index (χ4n) is 2.88. The van der Waals surface area contributed by atoms with Gasteiger partial charge in [0.15, 0.2) is 0 Å². The van der Waals surface area contributed by atoms with Crippen molar-refractivity contribution < 1.29 is 9.90 Å². The third-order valence-electron chi connectivity index (χ3n) is 3.95. The highest BCUT2D eigenvalue weighted by atomic mass is 35.5. The molecule has 0 saturated heterocycles. The summed E-state index contributed by atoms with van der Waals surface area (Å²) in [6.45, 7) is 0.361. The van der Waals surface area contributed by atoms with Crippen LogP contribution in [-0.2, 0) is 4.79 Å². The van der Waals surface area contributed by atoms with E-state index in [1.165, 1.54) is 6.42 Å². The van der Waals surface area contributed by atoms with Gasteiger partial charge in [0.2, 0.25) is 5.91 Å². The third kappa shape index (κ3) is 3.74. The summed E-state index contributed by atoms with van der Waals surface area (Å²) in [4.78, 5) is 14.4. The molecule has 1 aromatic rings. The Morgan fingerprint density at radius 1 is 1.25 bits per heavy atom. The van der Waals surface area contributed by atoms with E-state index in [-0.39, 0.29) is 18.6 Å². The molecule has 1 unspecified atom stereocenters. The van der Waals surface area contributed by atoms with Crippen LogP contribution in [0.25, 0.3) is 0 Å². The Labute approximate surface area is 125 Å². The third-order valence-corrected chi connectivity index (χ3v) is 4.39. The van der Waals surface area contributed by atoms with Crippen LogP contribution >= 0.6 is 11.6 Å². The first-order chi connectivity index (χ1) is 9.74. The van der Waals surface area contributed by atoms with Gasteiger partial charge in [0.25, 0.3) is 0 Å². The predicted octanol–water partition coefficient (Wildman–Crippen LogP) is 3.12. The minimum Gasteiger partial charge on any atom is -0.395 e. The lowest BCUT2D eigenvalue weighted by Crippen LogP contribution is -2.44. The normalized spacial score (nSPS) is 17.7. The van der Waals surface area contributed by atoms with Crippen molar-refractivity contribution in [3.05, 3.63) is 35.9 Å². The molecule has 20 heavy (non-hydrogen) atoms. The minimum atomic E-state index is -0.662. The largest absolute Gasteiger partial charge is 0.395 e.